The fourth-order valence-electron chi connectivity index (χ4n) is 0.336. The molecule has 0 aromatic rings. The van der Waals surface area contributed by atoms with Gasteiger partial charge < -0.3 is 14.9 Å². The molecule has 2 N–H and O–H groups in total. The molecule has 3 heteroatoms. The molecule has 0 bridgehead atoms. The highest BCUT2D eigenvalue weighted by Crippen LogP contribution is 2.22. The molecule has 0 aliphatic carbocycles. The van der Waals surface area contributed by atoms with Crippen molar-refractivity contribution in [3.8, 4) is 0 Å². The normalized spacial score (nSPS) is 24.9. The molecule has 3 nitrogen and oxygen atoms in total. The minimum absolute atomic E-state index is 0.227. The van der Waals surface area contributed by atoms with Crippen molar-refractivity contribution in [3.05, 3.63) is 6.10 Å². The number of rotatable bonds is 2. The number of epoxide rings is 1. The van der Waals surface area contributed by atoms with Crippen molar-refractivity contribution in [2.24, 2.45) is 0 Å². The third kappa shape index (κ3) is 1.12. The average Bonchev–Trinajstić information content (AvgIpc) is 2.44. The van der Waals surface area contributed by atoms with Gasteiger partial charge in [-0.1, -0.05) is 0 Å². The lowest BCUT2D eigenvalue weighted by molar-refractivity contribution is 0.0991. The molecule has 1 aliphatic rings. The van der Waals surface area contributed by atoms with Crippen LogP contribution in [0.3, 0.4) is 0 Å². The molecule has 7 heavy (non-hydrogen) atoms. The predicted octanol–water partition coefficient (Wildman–Crippen LogP) is -1.10. The molecule has 0 aromatic carbocycles. The van der Waals surface area contributed by atoms with Gasteiger partial charge in [0.15, 0.2) is 6.10 Å². The van der Waals surface area contributed by atoms with Gasteiger partial charge >= 0.3 is 0 Å². The average molecular weight is 103 g/mol. The molecule has 0 saturated carbocycles. The highest BCUT2D eigenvalue weighted by molar-refractivity contribution is 4.98. The highest BCUT2D eigenvalue weighted by atomic mass is 16.6. The summed E-state index contributed by atoms with van der Waals surface area (Å²) in [6.45, 7) is 0.289. The van der Waals surface area contributed by atoms with Crippen molar-refractivity contribution in [2.75, 3.05) is 13.2 Å². The minimum atomic E-state index is -0.736. The van der Waals surface area contributed by atoms with E-state index in [1.165, 1.54) is 0 Å². The third-order valence-electron chi connectivity index (χ3n) is 0.856. The lowest BCUT2D eigenvalue weighted by Gasteiger charge is -1.96. The second-order valence-electron chi connectivity index (χ2n) is 1.45. The van der Waals surface area contributed by atoms with Crippen LogP contribution in [-0.2, 0) is 4.74 Å². The molecule has 1 radical (unpaired) electrons. The second-order valence-corrected chi connectivity index (χ2v) is 1.45. The van der Waals surface area contributed by atoms with Gasteiger partial charge in [0.2, 0.25) is 0 Å². The fraction of sp³-hybridized carbons (Fsp3) is 0.750. The molecule has 1 saturated heterocycles. The van der Waals surface area contributed by atoms with E-state index in [0.29, 0.717) is 12.7 Å². The standard InChI is InChI=1S/C4H7O3/c5-1-3(6)4-2-7-4/h3,5-6H,1-2H2. The maximum absolute atomic E-state index is 8.59. The SMILES string of the molecule is OCC(O)[C]1CO1. The van der Waals surface area contributed by atoms with Gasteiger partial charge in [-0.15, -0.1) is 0 Å². The Morgan fingerprint density at radius 3 is 2.57 bits per heavy atom. The molecule has 1 atom stereocenters. The lowest BCUT2D eigenvalue weighted by Crippen LogP contribution is -2.12. The Kier molecular flexibility index (Phi) is 1.27. The third-order valence-corrected chi connectivity index (χ3v) is 0.856. The van der Waals surface area contributed by atoms with E-state index in [2.05, 4.69) is 4.74 Å². The van der Waals surface area contributed by atoms with E-state index in [1.54, 1.807) is 0 Å². The molecule has 0 amide bonds. The minimum Gasteiger partial charge on any atom is -0.394 e. The summed E-state index contributed by atoms with van der Waals surface area (Å²) < 4.78 is 4.57. The summed E-state index contributed by atoms with van der Waals surface area (Å²) in [4.78, 5) is 0. The summed E-state index contributed by atoms with van der Waals surface area (Å²) in [6.07, 6.45) is -0.137. The zero-order valence-electron chi connectivity index (χ0n) is 3.79. The Bertz CT molecular complexity index is 60.0. The van der Waals surface area contributed by atoms with E-state index >= 15 is 0 Å². The van der Waals surface area contributed by atoms with Crippen LogP contribution >= 0.6 is 0 Å². The van der Waals surface area contributed by atoms with Gasteiger partial charge in [0.1, 0.15) is 6.10 Å². The van der Waals surface area contributed by atoms with E-state index in [1.807, 2.05) is 0 Å². The van der Waals surface area contributed by atoms with Crippen LogP contribution < -0.4 is 0 Å². The van der Waals surface area contributed by atoms with Crippen LogP contribution in [0.5, 0.6) is 0 Å². The van der Waals surface area contributed by atoms with Crippen LogP contribution in [0.1, 0.15) is 0 Å². The molecular formula is C4H7O3. The van der Waals surface area contributed by atoms with Crippen molar-refractivity contribution >= 4 is 0 Å². The van der Waals surface area contributed by atoms with Gasteiger partial charge in [0, 0.05) is 0 Å². The molecule has 0 aromatic heterocycles. The molecule has 1 fully saturated rings. The summed E-state index contributed by atoms with van der Waals surface area (Å²) in [5.41, 5.74) is 0. The van der Waals surface area contributed by atoms with Crippen molar-refractivity contribution in [3.63, 3.8) is 0 Å². The van der Waals surface area contributed by atoms with Crippen molar-refractivity contribution < 1.29 is 14.9 Å². The zero-order chi connectivity index (χ0) is 5.28. The number of hydrogen-bond acceptors (Lipinski definition) is 3. The van der Waals surface area contributed by atoms with E-state index in [4.69, 9.17) is 10.2 Å². The van der Waals surface area contributed by atoms with Crippen LogP contribution in [0.4, 0.5) is 0 Å². The lowest BCUT2D eigenvalue weighted by atomic mass is 10.3. The molecule has 1 heterocycles. The van der Waals surface area contributed by atoms with Crippen LogP contribution in [0.15, 0.2) is 0 Å². The summed E-state index contributed by atoms with van der Waals surface area (Å²) in [5.74, 6) is 0. The number of aliphatic hydroxyl groups excluding tert-OH is 2. The van der Waals surface area contributed by atoms with Gasteiger partial charge in [-0.25, -0.2) is 0 Å². The fourth-order valence-corrected chi connectivity index (χ4v) is 0.336. The molecule has 0 spiro atoms. The van der Waals surface area contributed by atoms with Crippen LogP contribution in [-0.4, -0.2) is 29.5 Å². The van der Waals surface area contributed by atoms with Gasteiger partial charge in [-0.05, 0) is 0 Å². The van der Waals surface area contributed by atoms with E-state index in [-0.39, 0.29) is 6.61 Å². The zero-order valence-corrected chi connectivity index (χ0v) is 3.79. The van der Waals surface area contributed by atoms with Gasteiger partial charge in [0.25, 0.3) is 0 Å². The predicted molar refractivity (Wildman–Crippen MR) is 22.3 cm³/mol. The van der Waals surface area contributed by atoms with Gasteiger partial charge in [-0.2, -0.15) is 0 Å². The summed E-state index contributed by atoms with van der Waals surface area (Å²) >= 11 is 0. The first-order valence-electron chi connectivity index (χ1n) is 2.12. The number of ether oxygens (including phenoxy) is 1. The van der Waals surface area contributed by atoms with Crippen LogP contribution in [0.2, 0.25) is 0 Å². The van der Waals surface area contributed by atoms with Crippen molar-refractivity contribution in [1.82, 2.24) is 0 Å². The van der Waals surface area contributed by atoms with Crippen molar-refractivity contribution in [1.29, 1.82) is 0 Å². The first-order chi connectivity index (χ1) is 3.34. The topological polar surface area (TPSA) is 53.0 Å². The number of aliphatic hydroxyl groups is 2. The summed E-state index contributed by atoms with van der Waals surface area (Å²) in [6, 6.07) is 0. The maximum atomic E-state index is 8.59. The largest absolute Gasteiger partial charge is 0.394 e. The van der Waals surface area contributed by atoms with Crippen LogP contribution in [0, 0.1) is 6.10 Å². The molecule has 1 unspecified atom stereocenters. The Morgan fingerprint density at radius 1 is 1.86 bits per heavy atom. The van der Waals surface area contributed by atoms with Gasteiger partial charge in [0.05, 0.1) is 13.2 Å². The van der Waals surface area contributed by atoms with Gasteiger partial charge in [-0.3, -0.25) is 0 Å². The molecular weight excluding hydrogens is 96.0 g/mol. The Balaban J connectivity index is 2.10. The van der Waals surface area contributed by atoms with E-state index in [9.17, 15) is 0 Å². The molecule has 1 aliphatic heterocycles. The Hall–Kier alpha value is -0.120. The monoisotopic (exact) mass is 103 g/mol. The Morgan fingerprint density at radius 2 is 2.43 bits per heavy atom. The smallest absolute Gasteiger partial charge is 0.153 e. The van der Waals surface area contributed by atoms with Crippen LogP contribution in [0.25, 0.3) is 0 Å². The second kappa shape index (κ2) is 1.78. The molecule has 1 rings (SSSR count). The molecule has 41 valence electrons. The maximum Gasteiger partial charge on any atom is 0.153 e. The van der Waals surface area contributed by atoms with E-state index in [0.717, 1.165) is 0 Å². The number of hydrogen-bond donors (Lipinski definition) is 2. The summed E-state index contributed by atoms with van der Waals surface area (Å²) in [5, 5.41) is 16.8. The summed E-state index contributed by atoms with van der Waals surface area (Å²) in [7, 11) is 0. The van der Waals surface area contributed by atoms with Crippen molar-refractivity contribution in [2.45, 2.75) is 6.10 Å². The first-order valence-corrected chi connectivity index (χ1v) is 2.12. The first kappa shape index (κ1) is 5.03. The highest BCUT2D eigenvalue weighted by Gasteiger charge is 2.32. The Labute approximate surface area is 41.5 Å². The van der Waals surface area contributed by atoms with E-state index < -0.39 is 6.10 Å². The quantitative estimate of drug-likeness (QED) is 0.436.